The fraction of sp³-hybridized carbons (Fsp3) is 0.100. The summed E-state index contributed by atoms with van der Waals surface area (Å²) < 4.78 is 3.60. The highest BCUT2D eigenvalue weighted by atomic mass is 35.5. The first-order chi connectivity index (χ1) is 12.1. The Hall–Kier alpha value is -2.85. The van der Waals surface area contributed by atoms with Gasteiger partial charge in [-0.2, -0.15) is 0 Å². The van der Waals surface area contributed by atoms with E-state index in [1.165, 1.54) is 0 Å². The van der Waals surface area contributed by atoms with E-state index in [0.717, 1.165) is 28.2 Å². The first-order valence-corrected chi connectivity index (χ1v) is 8.34. The van der Waals surface area contributed by atoms with E-state index in [0.29, 0.717) is 10.8 Å². The summed E-state index contributed by atoms with van der Waals surface area (Å²) in [6, 6.07) is 19.0. The van der Waals surface area contributed by atoms with Crippen molar-refractivity contribution in [2.24, 2.45) is 7.05 Å². The average Bonchev–Trinajstić information content (AvgIpc) is 3.02. The van der Waals surface area contributed by atoms with Crippen LogP contribution in [0.4, 0.5) is 0 Å². The lowest BCUT2D eigenvalue weighted by Gasteiger charge is -2.08. The zero-order valence-corrected chi connectivity index (χ0v) is 14.7. The number of rotatable bonds is 2. The molecule has 4 nitrogen and oxygen atoms in total. The molecule has 25 heavy (non-hydrogen) atoms. The molecule has 5 heteroatoms. The molecule has 124 valence electrons. The van der Waals surface area contributed by atoms with E-state index in [2.05, 4.69) is 0 Å². The number of imidazole rings is 1. The summed E-state index contributed by atoms with van der Waals surface area (Å²) in [6.45, 7) is 1.90. The van der Waals surface area contributed by atoms with Gasteiger partial charge in [0.15, 0.2) is 0 Å². The first kappa shape index (κ1) is 15.7. The standard InChI is InChI=1S/C20H16ClN3O/c1-13-12-17(25)24-19(15-6-4-3-5-7-15)18(22-20(24)23(13)2)14-8-10-16(21)11-9-14/h3-12H,1-2H3. The van der Waals surface area contributed by atoms with Crippen molar-refractivity contribution in [3.05, 3.63) is 81.7 Å². The smallest absolute Gasteiger partial charge is 0.259 e. The molecule has 4 aromatic rings. The van der Waals surface area contributed by atoms with Gasteiger partial charge in [0.2, 0.25) is 5.78 Å². The van der Waals surface area contributed by atoms with Crippen LogP contribution in [0.3, 0.4) is 0 Å². The Balaban J connectivity index is 2.15. The molecule has 0 radical (unpaired) electrons. The maximum atomic E-state index is 12.7. The highest BCUT2D eigenvalue weighted by molar-refractivity contribution is 6.30. The zero-order valence-electron chi connectivity index (χ0n) is 13.9. The molecule has 0 atom stereocenters. The van der Waals surface area contributed by atoms with Gasteiger partial charge in [0.25, 0.3) is 5.56 Å². The van der Waals surface area contributed by atoms with Crippen molar-refractivity contribution in [2.45, 2.75) is 6.92 Å². The Labute approximate surface area is 150 Å². The lowest BCUT2D eigenvalue weighted by molar-refractivity contribution is 0.830. The van der Waals surface area contributed by atoms with E-state index in [4.69, 9.17) is 16.6 Å². The van der Waals surface area contributed by atoms with Gasteiger partial charge in [0, 0.05) is 35.0 Å². The highest BCUT2D eigenvalue weighted by Gasteiger charge is 2.19. The van der Waals surface area contributed by atoms with E-state index >= 15 is 0 Å². The van der Waals surface area contributed by atoms with Gasteiger partial charge >= 0.3 is 0 Å². The quantitative estimate of drug-likeness (QED) is 0.540. The van der Waals surface area contributed by atoms with Crippen molar-refractivity contribution in [3.63, 3.8) is 0 Å². The van der Waals surface area contributed by atoms with Crippen LogP contribution in [0, 0.1) is 6.92 Å². The summed E-state index contributed by atoms with van der Waals surface area (Å²) in [7, 11) is 1.91. The molecule has 0 saturated carbocycles. The van der Waals surface area contributed by atoms with Gasteiger partial charge in [-0.15, -0.1) is 0 Å². The molecule has 0 N–H and O–H groups in total. The van der Waals surface area contributed by atoms with Crippen LogP contribution in [0.1, 0.15) is 5.69 Å². The lowest BCUT2D eigenvalue weighted by Crippen LogP contribution is -2.18. The van der Waals surface area contributed by atoms with Crippen molar-refractivity contribution in [1.82, 2.24) is 14.0 Å². The van der Waals surface area contributed by atoms with Gasteiger partial charge in [0.1, 0.15) is 0 Å². The van der Waals surface area contributed by atoms with Crippen LogP contribution in [0.5, 0.6) is 0 Å². The molecule has 0 aliphatic carbocycles. The predicted octanol–water partition coefficient (Wildman–Crippen LogP) is 4.33. The third-order valence-corrected chi connectivity index (χ3v) is 4.66. The second kappa shape index (κ2) is 5.90. The number of nitrogens with zero attached hydrogens (tertiary/aromatic N) is 3. The Morgan fingerprint density at radius 3 is 2.32 bits per heavy atom. The summed E-state index contributed by atoms with van der Waals surface area (Å²) in [5.41, 5.74) is 4.20. The molecule has 2 aromatic carbocycles. The number of halogens is 1. The molecule has 2 heterocycles. The fourth-order valence-electron chi connectivity index (χ4n) is 3.01. The molecular formula is C20H16ClN3O. The normalized spacial score (nSPS) is 11.2. The molecule has 0 bridgehead atoms. The number of hydrogen-bond donors (Lipinski definition) is 0. The van der Waals surface area contributed by atoms with Crippen LogP contribution in [-0.2, 0) is 7.05 Å². The van der Waals surface area contributed by atoms with Gasteiger partial charge in [-0.05, 0) is 19.1 Å². The van der Waals surface area contributed by atoms with Gasteiger partial charge < -0.3 is 4.57 Å². The van der Waals surface area contributed by atoms with Crippen LogP contribution >= 0.6 is 11.6 Å². The van der Waals surface area contributed by atoms with Crippen LogP contribution in [0.2, 0.25) is 5.02 Å². The van der Waals surface area contributed by atoms with Crippen LogP contribution < -0.4 is 5.56 Å². The molecule has 0 spiro atoms. The van der Waals surface area contributed by atoms with Crippen molar-refractivity contribution in [1.29, 1.82) is 0 Å². The minimum absolute atomic E-state index is 0.0860. The summed E-state index contributed by atoms with van der Waals surface area (Å²) in [6.07, 6.45) is 0. The van der Waals surface area contributed by atoms with Gasteiger partial charge in [-0.1, -0.05) is 54.1 Å². The lowest BCUT2D eigenvalue weighted by atomic mass is 10.1. The average molecular weight is 350 g/mol. The summed E-state index contributed by atoms with van der Waals surface area (Å²) >= 11 is 6.03. The maximum absolute atomic E-state index is 12.7. The summed E-state index contributed by atoms with van der Waals surface area (Å²) in [5.74, 6) is 0.619. The number of aryl methyl sites for hydroxylation is 2. The van der Waals surface area contributed by atoms with Crippen molar-refractivity contribution < 1.29 is 0 Å². The van der Waals surface area contributed by atoms with E-state index in [9.17, 15) is 4.79 Å². The summed E-state index contributed by atoms with van der Waals surface area (Å²) in [4.78, 5) is 17.5. The van der Waals surface area contributed by atoms with Crippen LogP contribution in [0.15, 0.2) is 65.5 Å². The second-order valence-electron chi connectivity index (χ2n) is 6.00. The molecular weight excluding hydrogens is 334 g/mol. The Kier molecular flexibility index (Phi) is 3.70. The van der Waals surface area contributed by atoms with Crippen LogP contribution in [-0.4, -0.2) is 14.0 Å². The largest absolute Gasteiger partial charge is 0.319 e. The van der Waals surface area contributed by atoms with Crippen LogP contribution in [0.25, 0.3) is 28.3 Å². The zero-order chi connectivity index (χ0) is 17.6. The molecule has 0 saturated heterocycles. The van der Waals surface area contributed by atoms with Crippen molar-refractivity contribution >= 4 is 17.4 Å². The summed E-state index contributed by atoms with van der Waals surface area (Å²) in [5, 5.41) is 0.666. The molecule has 0 fully saturated rings. The minimum atomic E-state index is -0.0860. The molecule has 2 aromatic heterocycles. The van der Waals surface area contributed by atoms with Gasteiger partial charge in [-0.25, -0.2) is 9.38 Å². The molecule has 4 rings (SSSR count). The van der Waals surface area contributed by atoms with Gasteiger partial charge in [0.05, 0.1) is 11.4 Å². The van der Waals surface area contributed by atoms with Crippen molar-refractivity contribution in [2.75, 3.05) is 0 Å². The second-order valence-corrected chi connectivity index (χ2v) is 6.44. The van der Waals surface area contributed by atoms with E-state index in [1.807, 2.05) is 73.1 Å². The molecule has 0 aliphatic heterocycles. The Morgan fingerprint density at radius 2 is 1.64 bits per heavy atom. The molecule has 0 aliphatic rings. The van der Waals surface area contributed by atoms with E-state index in [1.54, 1.807) is 10.5 Å². The third-order valence-electron chi connectivity index (χ3n) is 4.41. The third kappa shape index (κ3) is 2.55. The first-order valence-electron chi connectivity index (χ1n) is 7.96. The highest BCUT2D eigenvalue weighted by Crippen LogP contribution is 2.32. The predicted molar refractivity (Wildman–Crippen MR) is 101 cm³/mol. The topological polar surface area (TPSA) is 39.3 Å². The number of benzene rings is 2. The van der Waals surface area contributed by atoms with Gasteiger partial charge in [-0.3, -0.25) is 4.79 Å². The number of hydrogen-bond acceptors (Lipinski definition) is 2. The fourth-order valence-corrected chi connectivity index (χ4v) is 3.14. The monoisotopic (exact) mass is 349 g/mol. The van der Waals surface area contributed by atoms with E-state index in [-0.39, 0.29) is 5.56 Å². The number of aromatic nitrogens is 3. The number of fused-ring (bicyclic) bond motifs is 1. The molecule has 0 amide bonds. The molecule has 0 unspecified atom stereocenters. The van der Waals surface area contributed by atoms with E-state index < -0.39 is 0 Å². The maximum Gasteiger partial charge on any atom is 0.259 e. The minimum Gasteiger partial charge on any atom is -0.319 e. The Morgan fingerprint density at radius 1 is 0.960 bits per heavy atom. The SMILES string of the molecule is Cc1cc(=O)n2c(-c3ccccc3)c(-c3ccc(Cl)cc3)nc2n1C. The van der Waals surface area contributed by atoms with Crippen molar-refractivity contribution in [3.8, 4) is 22.5 Å². The Bertz CT molecular complexity index is 1130.